The van der Waals surface area contributed by atoms with Crippen LogP contribution in [0, 0.1) is 16.0 Å². The van der Waals surface area contributed by atoms with Gasteiger partial charge in [0.15, 0.2) is 7.05 Å². The van der Waals surface area contributed by atoms with Crippen LogP contribution in [0.15, 0.2) is 0 Å². The van der Waals surface area contributed by atoms with Crippen LogP contribution in [0.3, 0.4) is 0 Å². The normalized spacial score (nSPS) is 7.56. The Morgan fingerprint density at radius 3 is 1.56 bits per heavy atom. The molecule has 0 aliphatic rings. The Kier molecular flexibility index (Phi) is 44.9. The van der Waals surface area contributed by atoms with Gasteiger partial charge in [-0.05, 0) is 5.92 Å². The fourth-order valence-corrected chi connectivity index (χ4v) is 0.612. The van der Waals surface area contributed by atoms with Crippen molar-refractivity contribution in [3.05, 3.63) is 10.1 Å². The molecule has 0 aliphatic carbocycles. The van der Waals surface area contributed by atoms with Gasteiger partial charge in [0.25, 0.3) is 0 Å². The lowest BCUT2D eigenvalue weighted by Crippen LogP contribution is -1.83. The van der Waals surface area contributed by atoms with Gasteiger partial charge in [0, 0.05) is 19.1 Å². The third-order valence-corrected chi connectivity index (χ3v) is 1.14. The fourth-order valence-electron chi connectivity index (χ4n) is 0.612. The lowest BCUT2D eigenvalue weighted by molar-refractivity contribution is -0.445. The van der Waals surface area contributed by atoms with Gasteiger partial charge in [-0.15, -0.1) is 0 Å². The zero-order valence-electron chi connectivity index (χ0n) is 12.4. The van der Waals surface area contributed by atoms with E-state index in [2.05, 4.69) is 25.5 Å². The van der Waals surface area contributed by atoms with Crippen LogP contribution < -0.4 is 0 Å². The number of nitro groups is 1. The topological polar surface area (TPSA) is 52.4 Å². The van der Waals surface area contributed by atoms with Gasteiger partial charge in [-0.2, -0.15) is 0 Å². The maximum atomic E-state index is 8.81. The lowest BCUT2D eigenvalue weighted by Gasteiger charge is -1.98. The minimum Gasteiger partial charge on any atom is -0.388 e. The summed E-state index contributed by atoms with van der Waals surface area (Å²) in [6.45, 7) is 10.8. The quantitative estimate of drug-likeness (QED) is 0.550. The van der Waals surface area contributed by atoms with E-state index in [0.717, 1.165) is 13.0 Å². The predicted molar refractivity (Wildman–Crippen MR) is 71.6 cm³/mol. The molecular formula is C12H31NO3. The molecule has 0 N–H and O–H groups in total. The van der Waals surface area contributed by atoms with Crippen LogP contribution in [0.4, 0.5) is 0 Å². The Bertz CT molecular complexity index is 102. The van der Waals surface area contributed by atoms with Gasteiger partial charge in [0.05, 0.1) is 0 Å². The molecule has 102 valence electrons. The van der Waals surface area contributed by atoms with Crippen LogP contribution in [0.5, 0.6) is 0 Å². The summed E-state index contributed by atoms with van der Waals surface area (Å²) >= 11 is 0. The van der Waals surface area contributed by atoms with Gasteiger partial charge in [0.2, 0.25) is 0 Å². The maximum Gasteiger partial charge on any atom is 0.194 e. The summed E-state index contributed by atoms with van der Waals surface area (Å²) in [5.74, 6) is 0.903. The Morgan fingerprint density at radius 2 is 1.50 bits per heavy atom. The van der Waals surface area contributed by atoms with E-state index in [1.165, 1.54) is 19.3 Å². The van der Waals surface area contributed by atoms with Crippen LogP contribution in [-0.4, -0.2) is 26.2 Å². The van der Waals surface area contributed by atoms with Crippen molar-refractivity contribution in [2.75, 3.05) is 21.3 Å². The SMILES string of the molecule is CC.CCCCC(C)C.COC.C[N+](=O)[O-]. The average molecular weight is 237 g/mol. The zero-order chi connectivity index (χ0) is 14.0. The van der Waals surface area contributed by atoms with E-state index < -0.39 is 4.92 Å². The summed E-state index contributed by atoms with van der Waals surface area (Å²) < 4.78 is 4.25. The van der Waals surface area contributed by atoms with Crippen LogP contribution in [0.25, 0.3) is 0 Å². The van der Waals surface area contributed by atoms with Crippen molar-refractivity contribution in [3.63, 3.8) is 0 Å². The monoisotopic (exact) mass is 237 g/mol. The first kappa shape index (κ1) is 24.5. The molecule has 4 nitrogen and oxygen atoms in total. The first-order valence-electron chi connectivity index (χ1n) is 5.90. The Hall–Kier alpha value is -0.640. The fraction of sp³-hybridized carbons (Fsp3) is 1.00. The molecule has 0 saturated heterocycles. The van der Waals surface area contributed by atoms with Crippen molar-refractivity contribution in [3.8, 4) is 0 Å². The standard InChI is InChI=1S/C7H16.C2H6O.C2H6.CH3NO2/c1-4-5-6-7(2)3;1-3-2;1-2;1-2(3)4/h7H,4-6H2,1-3H3;1-2H3;1-2H3;1H3. The summed E-state index contributed by atoms with van der Waals surface area (Å²) in [7, 11) is 4.14. The number of methoxy groups -OCH3 is 1. The molecule has 0 aromatic heterocycles. The van der Waals surface area contributed by atoms with E-state index in [0.29, 0.717) is 0 Å². The molecule has 0 spiro atoms. The number of ether oxygens (including phenoxy) is 1. The number of hydrogen-bond acceptors (Lipinski definition) is 3. The second-order valence-electron chi connectivity index (χ2n) is 3.38. The van der Waals surface area contributed by atoms with Gasteiger partial charge < -0.3 is 4.74 Å². The molecule has 0 rings (SSSR count). The molecule has 0 unspecified atom stereocenters. The first-order valence-corrected chi connectivity index (χ1v) is 5.90. The molecule has 0 amide bonds. The average Bonchev–Trinajstić information content (AvgIpc) is 2.18. The molecule has 0 aliphatic heterocycles. The largest absolute Gasteiger partial charge is 0.388 e. The number of hydrogen-bond donors (Lipinski definition) is 0. The van der Waals surface area contributed by atoms with Gasteiger partial charge >= 0.3 is 0 Å². The van der Waals surface area contributed by atoms with Crippen molar-refractivity contribution >= 4 is 0 Å². The Morgan fingerprint density at radius 1 is 1.25 bits per heavy atom. The lowest BCUT2D eigenvalue weighted by atomic mass is 10.1. The summed E-state index contributed by atoms with van der Waals surface area (Å²) in [6.07, 6.45) is 4.15. The second kappa shape index (κ2) is 29.3. The molecule has 0 fully saturated rings. The van der Waals surface area contributed by atoms with Gasteiger partial charge in [0.1, 0.15) is 0 Å². The third kappa shape index (κ3) is 181. The molecular weight excluding hydrogens is 206 g/mol. The predicted octanol–water partition coefficient (Wildman–Crippen LogP) is 4.01. The van der Waals surface area contributed by atoms with Crippen molar-refractivity contribution in [1.29, 1.82) is 0 Å². The van der Waals surface area contributed by atoms with Crippen molar-refractivity contribution in [1.82, 2.24) is 0 Å². The van der Waals surface area contributed by atoms with Crippen LogP contribution in [0.1, 0.15) is 53.9 Å². The van der Waals surface area contributed by atoms with E-state index in [4.69, 9.17) is 10.1 Å². The molecule has 0 heterocycles. The van der Waals surface area contributed by atoms with E-state index >= 15 is 0 Å². The van der Waals surface area contributed by atoms with E-state index in [9.17, 15) is 0 Å². The summed E-state index contributed by atoms with van der Waals surface area (Å²) in [5.41, 5.74) is 0. The molecule has 0 atom stereocenters. The summed E-state index contributed by atoms with van der Waals surface area (Å²) in [6, 6.07) is 0. The van der Waals surface area contributed by atoms with Crippen LogP contribution in [-0.2, 0) is 4.74 Å². The highest BCUT2D eigenvalue weighted by molar-refractivity contribution is 4.42. The van der Waals surface area contributed by atoms with Crippen LogP contribution >= 0.6 is 0 Å². The van der Waals surface area contributed by atoms with E-state index in [1.807, 2.05) is 13.8 Å². The Labute approximate surface area is 102 Å². The zero-order valence-corrected chi connectivity index (χ0v) is 12.4. The summed E-state index contributed by atoms with van der Waals surface area (Å²) in [4.78, 5) is 8.31. The van der Waals surface area contributed by atoms with E-state index in [1.54, 1.807) is 14.2 Å². The third-order valence-electron chi connectivity index (χ3n) is 1.14. The minimum atomic E-state index is -0.500. The smallest absolute Gasteiger partial charge is 0.194 e. The Balaban J connectivity index is -0.0000000685. The van der Waals surface area contributed by atoms with Crippen LogP contribution in [0.2, 0.25) is 0 Å². The van der Waals surface area contributed by atoms with Crippen molar-refractivity contribution in [2.24, 2.45) is 5.92 Å². The molecule has 16 heavy (non-hydrogen) atoms. The summed E-state index contributed by atoms with van der Waals surface area (Å²) in [5, 5.41) is 8.81. The minimum absolute atomic E-state index is 0.500. The highest BCUT2D eigenvalue weighted by Crippen LogP contribution is 2.04. The highest BCUT2D eigenvalue weighted by atomic mass is 16.6. The number of nitrogens with zero attached hydrogens (tertiary/aromatic N) is 1. The van der Waals surface area contributed by atoms with E-state index in [-0.39, 0.29) is 0 Å². The van der Waals surface area contributed by atoms with Gasteiger partial charge in [-0.3, -0.25) is 10.1 Å². The van der Waals surface area contributed by atoms with Gasteiger partial charge in [-0.25, -0.2) is 0 Å². The van der Waals surface area contributed by atoms with Crippen molar-refractivity contribution < 1.29 is 9.66 Å². The molecule has 0 bridgehead atoms. The van der Waals surface area contributed by atoms with Crippen molar-refractivity contribution in [2.45, 2.75) is 53.9 Å². The molecule has 0 saturated carbocycles. The number of rotatable bonds is 3. The maximum absolute atomic E-state index is 8.81. The molecule has 4 heteroatoms. The first-order chi connectivity index (χ1) is 7.42. The number of unbranched alkanes of at least 4 members (excludes halogenated alkanes) is 1. The van der Waals surface area contributed by atoms with Gasteiger partial charge in [-0.1, -0.05) is 53.9 Å². The molecule has 0 aromatic rings. The molecule has 0 aromatic carbocycles. The highest BCUT2D eigenvalue weighted by Gasteiger charge is 1.88. The second-order valence-corrected chi connectivity index (χ2v) is 3.38. The molecule has 0 radical (unpaired) electrons.